The smallest absolute Gasteiger partial charge is 0.227 e. The van der Waals surface area contributed by atoms with E-state index in [1.54, 1.807) is 0 Å². The van der Waals surface area contributed by atoms with Crippen LogP contribution in [0.3, 0.4) is 0 Å². The number of carbonyl (C=O) groups is 2. The first-order valence-electron chi connectivity index (χ1n) is 12.0. The number of rotatable bonds is 7. The molecule has 33 heavy (non-hydrogen) atoms. The molecule has 0 radical (unpaired) electrons. The van der Waals surface area contributed by atoms with Crippen LogP contribution in [0.2, 0.25) is 0 Å². The highest BCUT2D eigenvalue weighted by Crippen LogP contribution is 2.36. The van der Waals surface area contributed by atoms with Gasteiger partial charge in [0.15, 0.2) is 0 Å². The minimum atomic E-state index is -1.06. The van der Waals surface area contributed by atoms with Gasteiger partial charge in [0.25, 0.3) is 0 Å². The van der Waals surface area contributed by atoms with Crippen molar-refractivity contribution in [2.75, 3.05) is 25.5 Å². The molecule has 0 aromatic heterocycles. The lowest BCUT2D eigenvalue weighted by molar-refractivity contribution is -0.123. The van der Waals surface area contributed by atoms with Crippen LogP contribution in [-0.4, -0.2) is 43.0 Å². The number of anilines is 1. The number of nitrogens with zero attached hydrogens (tertiary/aromatic N) is 1. The van der Waals surface area contributed by atoms with Gasteiger partial charge < -0.3 is 15.5 Å². The summed E-state index contributed by atoms with van der Waals surface area (Å²) in [5.41, 5.74) is 3.61. The van der Waals surface area contributed by atoms with Crippen LogP contribution in [0.4, 0.5) is 10.1 Å². The largest absolute Gasteiger partial charge is 0.345 e. The summed E-state index contributed by atoms with van der Waals surface area (Å²) in [6, 6.07) is 15.3. The summed E-state index contributed by atoms with van der Waals surface area (Å²) < 4.78 is 13.6. The molecular formula is C27H34FN3O2. The van der Waals surface area contributed by atoms with Crippen molar-refractivity contribution in [1.82, 2.24) is 10.2 Å². The molecule has 3 atom stereocenters. The van der Waals surface area contributed by atoms with Crippen LogP contribution in [0.15, 0.2) is 48.5 Å². The van der Waals surface area contributed by atoms with Crippen LogP contribution < -0.4 is 10.6 Å². The van der Waals surface area contributed by atoms with Crippen LogP contribution in [0, 0.1) is 11.8 Å². The summed E-state index contributed by atoms with van der Waals surface area (Å²) in [5.74, 6) is -0.472. The predicted octanol–water partition coefficient (Wildman–Crippen LogP) is 4.65. The maximum Gasteiger partial charge on any atom is 0.227 e. The molecular weight excluding hydrogens is 417 g/mol. The Labute approximate surface area is 195 Å². The van der Waals surface area contributed by atoms with E-state index >= 15 is 0 Å². The van der Waals surface area contributed by atoms with Gasteiger partial charge in [-0.05, 0) is 62.5 Å². The number of alkyl halides is 1. The lowest BCUT2D eigenvalue weighted by Crippen LogP contribution is -2.36. The van der Waals surface area contributed by atoms with Crippen molar-refractivity contribution >= 4 is 17.5 Å². The topological polar surface area (TPSA) is 61.4 Å². The maximum atomic E-state index is 13.6. The molecule has 1 saturated carbocycles. The molecule has 0 spiro atoms. The maximum absolute atomic E-state index is 13.6. The molecule has 6 heteroatoms. The Morgan fingerprint density at radius 3 is 2.18 bits per heavy atom. The van der Waals surface area contributed by atoms with Gasteiger partial charge in [-0.25, -0.2) is 4.39 Å². The van der Waals surface area contributed by atoms with Gasteiger partial charge in [-0.1, -0.05) is 56.3 Å². The van der Waals surface area contributed by atoms with Gasteiger partial charge in [-0.3, -0.25) is 9.59 Å². The third-order valence-electron chi connectivity index (χ3n) is 6.89. The Morgan fingerprint density at radius 1 is 0.970 bits per heavy atom. The standard InChI is InChI=1S/C27H34FN3O2/c1-17(2)18-8-10-19(11-9-18)25(30-27(33)22-16-23(22)28)21-6-4-5-7-24(21)29-26(32)20-12-14-31(3)15-13-20/h4-11,17,20,22-23,25H,12-16H2,1-3H3,(H,29,32)(H,30,33). The quantitative estimate of drug-likeness (QED) is 0.644. The third kappa shape index (κ3) is 5.61. The molecule has 2 amide bonds. The molecule has 2 aromatic carbocycles. The van der Waals surface area contributed by atoms with E-state index < -0.39 is 18.1 Å². The van der Waals surface area contributed by atoms with E-state index in [1.165, 1.54) is 5.56 Å². The van der Waals surface area contributed by atoms with Gasteiger partial charge >= 0.3 is 0 Å². The molecule has 4 rings (SSSR count). The average molecular weight is 452 g/mol. The number of hydrogen-bond acceptors (Lipinski definition) is 3. The zero-order chi connectivity index (χ0) is 23.5. The van der Waals surface area contributed by atoms with Crippen molar-refractivity contribution in [1.29, 1.82) is 0 Å². The molecule has 5 nitrogen and oxygen atoms in total. The number of benzene rings is 2. The number of halogens is 1. The zero-order valence-corrected chi connectivity index (χ0v) is 19.7. The van der Waals surface area contributed by atoms with Crippen LogP contribution in [0.1, 0.15) is 61.8 Å². The summed E-state index contributed by atoms with van der Waals surface area (Å²) in [5, 5.41) is 6.17. The van der Waals surface area contributed by atoms with E-state index in [2.05, 4.69) is 48.6 Å². The molecule has 2 aliphatic rings. The van der Waals surface area contributed by atoms with Gasteiger partial charge in [0.05, 0.1) is 12.0 Å². The van der Waals surface area contributed by atoms with Crippen LogP contribution >= 0.6 is 0 Å². The highest BCUT2D eigenvalue weighted by Gasteiger charge is 2.44. The Bertz CT molecular complexity index is 983. The van der Waals surface area contributed by atoms with E-state index in [9.17, 15) is 14.0 Å². The number of piperidine rings is 1. The van der Waals surface area contributed by atoms with E-state index in [1.807, 2.05) is 36.4 Å². The first kappa shape index (κ1) is 23.4. The summed E-state index contributed by atoms with van der Waals surface area (Å²) in [7, 11) is 2.07. The Kier molecular flexibility index (Phi) is 7.13. The fourth-order valence-electron chi connectivity index (χ4n) is 4.47. The Balaban J connectivity index is 1.61. The number of para-hydroxylation sites is 1. The van der Waals surface area contributed by atoms with Gasteiger partial charge in [0.2, 0.25) is 11.8 Å². The second-order valence-electron chi connectivity index (χ2n) is 9.78. The second-order valence-corrected chi connectivity index (χ2v) is 9.78. The van der Waals surface area contributed by atoms with Crippen molar-refractivity contribution < 1.29 is 14.0 Å². The van der Waals surface area contributed by atoms with Gasteiger partial charge in [-0.15, -0.1) is 0 Å². The van der Waals surface area contributed by atoms with Crippen molar-refractivity contribution in [2.24, 2.45) is 11.8 Å². The zero-order valence-electron chi connectivity index (χ0n) is 19.7. The average Bonchev–Trinajstić information content (AvgIpc) is 3.55. The van der Waals surface area contributed by atoms with Gasteiger partial charge in [0, 0.05) is 17.2 Å². The van der Waals surface area contributed by atoms with Crippen molar-refractivity contribution in [2.45, 2.75) is 51.2 Å². The number of hydrogen-bond donors (Lipinski definition) is 2. The molecule has 1 saturated heterocycles. The number of likely N-dealkylation sites (tertiary alicyclic amines) is 1. The van der Waals surface area contributed by atoms with E-state index in [4.69, 9.17) is 0 Å². The summed E-state index contributed by atoms with van der Waals surface area (Å²) in [6.07, 6.45) is 0.884. The normalized spacial score (nSPS) is 22.1. The van der Waals surface area contributed by atoms with Crippen LogP contribution in [0.25, 0.3) is 0 Å². The predicted molar refractivity (Wildman–Crippen MR) is 129 cm³/mol. The van der Waals surface area contributed by atoms with Crippen LogP contribution in [0.5, 0.6) is 0 Å². The second kappa shape index (κ2) is 10.0. The fourth-order valence-corrected chi connectivity index (χ4v) is 4.47. The number of carbonyl (C=O) groups excluding carboxylic acids is 2. The van der Waals surface area contributed by atoms with Crippen molar-refractivity contribution in [3.8, 4) is 0 Å². The van der Waals surface area contributed by atoms with Crippen molar-refractivity contribution in [3.63, 3.8) is 0 Å². The Hall–Kier alpha value is -2.73. The van der Waals surface area contributed by atoms with Crippen molar-refractivity contribution in [3.05, 3.63) is 65.2 Å². The molecule has 1 aliphatic heterocycles. The van der Waals surface area contributed by atoms with Crippen LogP contribution in [-0.2, 0) is 9.59 Å². The first-order valence-corrected chi connectivity index (χ1v) is 12.0. The monoisotopic (exact) mass is 451 g/mol. The fraction of sp³-hybridized carbons (Fsp3) is 0.481. The minimum absolute atomic E-state index is 0.0156. The van der Waals surface area contributed by atoms with E-state index in [0.29, 0.717) is 11.6 Å². The molecule has 0 bridgehead atoms. The Morgan fingerprint density at radius 2 is 1.58 bits per heavy atom. The highest BCUT2D eigenvalue weighted by molar-refractivity contribution is 5.93. The third-order valence-corrected chi connectivity index (χ3v) is 6.89. The van der Waals surface area contributed by atoms with Gasteiger partial charge in [0.1, 0.15) is 6.17 Å². The van der Waals surface area contributed by atoms with Gasteiger partial charge in [-0.2, -0.15) is 0 Å². The molecule has 176 valence electrons. The summed E-state index contributed by atoms with van der Waals surface area (Å²) in [6.45, 7) is 6.09. The minimum Gasteiger partial charge on any atom is -0.345 e. The van der Waals surface area contributed by atoms with E-state index in [-0.39, 0.29) is 24.2 Å². The molecule has 3 unspecified atom stereocenters. The molecule has 2 aromatic rings. The molecule has 2 fully saturated rings. The summed E-state index contributed by atoms with van der Waals surface area (Å²) >= 11 is 0. The first-order chi connectivity index (χ1) is 15.8. The van der Waals surface area contributed by atoms with E-state index in [0.717, 1.165) is 37.1 Å². The lowest BCUT2D eigenvalue weighted by Gasteiger charge is -2.29. The number of amides is 2. The molecule has 1 aliphatic carbocycles. The molecule has 1 heterocycles. The lowest BCUT2D eigenvalue weighted by atomic mass is 9.93. The highest BCUT2D eigenvalue weighted by atomic mass is 19.1. The molecule has 2 N–H and O–H groups in total. The SMILES string of the molecule is CC(C)c1ccc(C(NC(=O)C2CC2F)c2ccccc2NC(=O)C2CCN(C)CC2)cc1. The number of nitrogens with one attached hydrogen (secondary N) is 2. The summed E-state index contributed by atoms with van der Waals surface area (Å²) in [4.78, 5) is 28.0.